The van der Waals surface area contributed by atoms with E-state index in [1.807, 2.05) is 18.2 Å². The molecule has 2 nitrogen and oxygen atoms in total. The van der Waals surface area contributed by atoms with Crippen LogP contribution in [0.3, 0.4) is 0 Å². The molecular weight excluding hydrogens is 279 g/mol. The van der Waals surface area contributed by atoms with Gasteiger partial charge in [-0.25, -0.2) is 0 Å². The van der Waals surface area contributed by atoms with Gasteiger partial charge in [-0.1, -0.05) is 33.6 Å². The van der Waals surface area contributed by atoms with Crippen LogP contribution in [0.4, 0.5) is 0 Å². The lowest BCUT2D eigenvalue weighted by molar-refractivity contribution is 0.0929. The number of hydrogen-bond acceptors (Lipinski definition) is 2. The molecule has 0 spiro atoms. The normalized spacial score (nSPS) is 10.6. The van der Waals surface area contributed by atoms with Crippen molar-refractivity contribution in [3.63, 3.8) is 0 Å². The van der Waals surface area contributed by atoms with Crippen molar-refractivity contribution in [3.05, 3.63) is 33.3 Å². The van der Waals surface area contributed by atoms with Gasteiger partial charge in [0.2, 0.25) is 0 Å². The summed E-state index contributed by atoms with van der Waals surface area (Å²) in [4.78, 5) is 0. The van der Waals surface area contributed by atoms with Crippen LogP contribution in [0, 0.1) is 0 Å². The highest BCUT2D eigenvalue weighted by molar-refractivity contribution is 9.10. The van der Waals surface area contributed by atoms with Crippen LogP contribution in [0.2, 0.25) is 5.02 Å². The molecule has 0 atom stereocenters. The van der Waals surface area contributed by atoms with Gasteiger partial charge in [-0.15, -0.1) is 0 Å². The van der Waals surface area contributed by atoms with Crippen LogP contribution in [0.25, 0.3) is 0 Å². The minimum Gasteiger partial charge on any atom is -0.385 e. The molecule has 84 valence electrons. The predicted molar refractivity (Wildman–Crippen MR) is 65.3 cm³/mol. The van der Waals surface area contributed by atoms with Crippen molar-refractivity contribution in [2.75, 3.05) is 20.3 Å². The Morgan fingerprint density at radius 2 is 2.13 bits per heavy atom. The zero-order valence-corrected chi connectivity index (χ0v) is 11.0. The number of ether oxygens (including phenoxy) is 2. The van der Waals surface area contributed by atoms with Gasteiger partial charge in [-0.05, 0) is 24.1 Å². The fraction of sp³-hybridized carbons (Fsp3) is 0.455. The molecule has 0 fully saturated rings. The topological polar surface area (TPSA) is 18.5 Å². The Hall–Kier alpha value is -0.0900. The van der Waals surface area contributed by atoms with E-state index in [0.717, 1.165) is 28.1 Å². The summed E-state index contributed by atoms with van der Waals surface area (Å²) in [6.07, 6.45) is 0.907. The van der Waals surface area contributed by atoms with E-state index < -0.39 is 0 Å². The van der Waals surface area contributed by atoms with Crippen molar-refractivity contribution in [3.8, 4) is 0 Å². The van der Waals surface area contributed by atoms with Crippen molar-refractivity contribution in [2.24, 2.45) is 0 Å². The predicted octanol–water partition coefficient (Wildman–Crippen LogP) is 3.66. The lowest BCUT2D eigenvalue weighted by Gasteiger charge is -2.06. The Bertz CT molecular complexity index is 305. The first-order valence-corrected chi connectivity index (χ1v) is 5.91. The number of rotatable bonds is 6. The molecule has 0 saturated heterocycles. The van der Waals surface area contributed by atoms with E-state index >= 15 is 0 Å². The lowest BCUT2D eigenvalue weighted by Crippen LogP contribution is -1.99. The van der Waals surface area contributed by atoms with Crippen LogP contribution in [0.1, 0.15) is 12.0 Å². The molecule has 1 aromatic rings. The number of hydrogen-bond donors (Lipinski definition) is 0. The summed E-state index contributed by atoms with van der Waals surface area (Å²) in [5, 5.41) is 0.733. The Labute approximate surface area is 104 Å². The number of benzene rings is 1. The van der Waals surface area contributed by atoms with Crippen LogP contribution < -0.4 is 0 Å². The van der Waals surface area contributed by atoms with Crippen molar-refractivity contribution in [1.82, 2.24) is 0 Å². The minimum atomic E-state index is 0.551. The fourth-order valence-electron chi connectivity index (χ4n) is 1.13. The van der Waals surface area contributed by atoms with E-state index in [0.29, 0.717) is 13.2 Å². The van der Waals surface area contributed by atoms with E-state index in [1.165, 1.54) is 0 Å². The summed E-state index contributed by atoms with van der Waals surface area (Å²) in [7, 11) is 1.69. The number of methoxy groups -OCH3 is 1. The average Bonchev–Trinajstić information content (AvgIpc) is 2.20. The molecule has 0 radical (unpaired) electrons. The summed E-state index contributed by atoms with van der Waals surface area (Å²) < 4.78 is 11.4. The van der Waals surface area contributed by atoms with E-state index in [1.54, 1.807) is 7.11 Å². The van der Waals surface area contributed by atoms with Crippen molar-refractivity contribution in [2.45, 2.75) is 13.0 Å². The molecule has 0 aliphatic heterocycles. The van der Waals surface area contributed by atoms with Crippen LogP contribution in [-0.4, -0.2) is 20.3 Å². The van der Waals surface area contributed by atoms with Gasteiger partial charge in [0.05, 0.1) is 6.61 Å². The maximum Gasteiger partial charge on any atom is 0.0731 e. The van der Waals surface area contributed by atoms with Gasteiger partial charge < -0.3 is 9.47 Å². The molecule has 0 saturated carbocycles. The Morgan fingerprint density at radius 3 is 2.80 bits per heavy atom. The second-order valence-electron chi connectivity index (χ2n) is 3.13. The zero-order chi connectivity index (χ0) is 11.1. The summed E-state index contributed by atoms with van der Waals surface area (Å²) in [6.45, 7) is 1.98. The summed E-state index contributed by atoms with van der Waals surface area (Å²) >= 11 is 9.39. The van der Waals surface area contributed by atoms with Crippen LogP contribution >= 0.6 is 27.5 Å². The molecule has 0 unspecified atom stereocenters. The lowest BCUT2D eigenvalue weighted by atomic mass is 10.2. The molecule has 1 rings (SSSR count). The molecule has 0 bridgehead atoms. The molecule has 0 aromatic heterocycles. The third kappa shape index (κ3) is 4.98. The van der Waals surface area contributed by atoms with Crippen LogP contribution in [0.5, 0.6) is 0 Å². The van der Waals surface area contributed by atoms with Gasteiger partial charge in [-0.3, -0.25) is 0 Å². The Kier molecular flexibility index (Phi) is 6.25. The molecule has 15 heavy (non-hydrogen) atoms. The smallest absolute Gasteiger partial charge is 0.0731 e. The zero-order valence-electron chi connectivity index (χ0n) is 8.63. The van der Waals surface area contributed by atoms with E-state index in [9.17, 15) is 0 Å². The first kappa shape index (κ1) is 13.0. The third-order valence-electron chi connectivity index (χ3n) is 1.91. The average molecular weight is 294 g/mol. The Balaban J connectivity index is 2.31. The maximum absolute atomic E-state index is 6.03. The largest absolute Gasteiger partial charge is 0.385 e. The van der Waals surface area contributed by atoms with E-state index in [2.05, 4.69) is 15.9 Å². The van der Waals surface area contributed by atoms with Gasteiger partial charge in [0, 0.05) is 29.8 Å². The minimum absolute atomic E-state index is 0.551. The van der Waals surface area contributed by atoms with E-state index in [-0.39, 0.29) is 0 Å². The quantitative estimate of drug-likeness (QED) is 0.745. The molecule has 0 heterocycles. The first-order valence-electron chi connectivity index (χ1n) is 4.74. The van der Waals surface area contributed by atoms with E-state index in [4.69, 9.17) is 21.1 Å². The summed E-state index contributed by atoms with van der Waals surface area (Å²) in [6, 6.07) is 5.79. The van der Waals surface area contributed by atoms with Gasteiger partial charge in [0.15, 0.2) is 0 Å². The summed E-state index contributed by atoms with van der Waals surface area (Å²) in [5.74, 6) is 0. The number of halogens is 2. The van der Waals surface area contributed by atoms with Crippen molar-refractivity contribution < 1.29 is 9.47 Å². The molecule has 0 N–H and O–H groups in total. The second-order valence-corrected chi connectivity index (χ2v) is 4.46. The highest BCUT2D eigenvalue weighted by Gasteiger charge is 2.00. The van der Waals surface area contributed by atoms with Gasteiger partial charge in [0.25, 0.3) is 0 Å². The fourth-order valence-corrected chi connectivity index (χ4v) is 1.85. The summed E-state index contributed by atoms with van der Waals surface area (Å²) in [5.41, 5.74) is 1.01. The molecule has 1 aromatic carbocycles. The third-order valence-corrected chi connectivity index (χ3v) is 2.75. The van der Waals surface area contributed by atoms with Gasteiger partial charge >= 0.3 is 0 Å². The first-order chi connectivity index (χ1) is 7.24. The Morgan fingerprint density at radius 1 is 1.33 bits per heavy atom. The highest BCUT2D eigenvalue weighted by atomic mass is 79.9. The molecular formula is C11H14BrClO2. The molecule has 0 amide bonds. The highest BCUT2D eigenvalue weighted by Crippen LogP contribution is 2.21. The maximum atomic E-state index is 6.03. The molecule has 0 aliphatic rings. The van der Waals surface area contributed by atoms with Crippen molar-refractivity contribution >= 4 is 27.5 Å². The van der Waals surface area contributed by atoms with Crippen LogP contribution in [-0.2, 0) is 16.1 Å². The SMILES string of the molecule is COCCCOCc1ccc(Br)cc1Cl. The standard InChI is InChI=1S/C11H14BrClO2/c1-14-5-2-6-15-8-9-3-4-10(12)7-11(9)13/h3-4,7H,2,5-6,8H2,1H3. The van der Waals surface area contributed by atoms with Crippen LogP contribution in [0.15, 0.2) is 22.7 Å². The molecule has 0 aliphatic carbocycles. The van der Waals surface area contributed by atoms with Gasteiger partial charge in [0.1, 0.15) is 0 Å². The second kappa shape index (κ2) is 7.23. The van der Waals surface area contributed by atoms with Crippen molar-refractivity contribution in [1.29, 1.82) is 0 Å². The molecule has 4 heteroatoms. The monoisotopic (exact) mass is 292 g/mol. The van der Waals surface area contributed by atoms with Gasteiger partial charge in [-0.2, -0.15) is 0 Å².